The van der Waals surface area contributed by atoms with E-state index in [4.69, 9.17) is 4.74 Å². The average molecular weight is 405 g/mol. The van der Waals surface area contributed by atoms with E-state index in [0.717, 1.165) is 17.7 Å². The van der Waals surface area contributed by atoms with Crippen molar-refractivity contribution in [2.24, 2.45) is 5.41 Å². The number of ether oxygens (including phenoxy) is 1. The van der Waals surface area contributed by atoms with Gasteiger partial charge in [-0.1, -0.05) is 30.3 Å². The third-order valence-electron chi connectivity index (χ3n) is 6.00. The lowest BCUT2D eigenvalue weighted by molar-refractivity contribution is -0.183. The van der Waals surface area contributed by atoms with E-state index in [2.05, 4.69) is 5.32 Å². The number of hydrogen-bond acceptors (Lipinski definition) is 3. The van der Waals surface area contributed by atoms with Crippen LogP contribution < -0.4 is 5.32 Å². The zero-order valence-electron chi connectivity index (χ0n) is 15.3. The molecule has 3 aliphatic carbocycles. The molecule has 152 valence electrons. The Balaban J connectivity index is 1.40. The predicted molar refractivity (Wildman–Crippen MR) is 95.5 cm³/mol. The molecule has 8 heteroatoms. The minimum Gasteiger partial charge on any atom is -0.480 e. The van der Waals surface area contributed by atoms with Crippen molar-refractivity contribution in [3.8, 4) is 0 Å². The van der Waals surface area contributed by atoms with Gasteiger partial charge in [0, 0.05) is 5.41 Å². The van der Waals surface area contributed by atoms with E-state index in [1.165, 1.54) is 0 Å². The second-order valence-corrected chi connectivity index (χ2v) is 7.90. The van der Waals surface area contributed by atoms with Crippen LogP contribution in [-0.4, -0.2) is 23.2 Å². The number of rotatable bonds is 6. The molecule has 0 spiro atoms. The highest BCUT2D eigenvalue weighted by Crippen LogP contribution is 2.75. The zero-order valence-corrected chi connectivity index (χ0v) is 15.3. The van der Waals surface area contributed by atoms with Crippen LogP contribution in [0.15, 0.2) is 42.5 Å². The fourth-order valence-electron chi connectivity index (χ4n) is 4.70. The quantitative estimate of drug-likeness (QED) is 0.715. The highest BCUT2D eigenvalue weighted by molar-refractivity contribution is 5.82. The Morgan fingerprint density at radius 2 is 1.66 bits per heavy atom. The standard InChI is InChI=1S/C21H18F3NO4/c22-14-6-13(7-15(23)16(14)24)20-9-21(10-20,11-20)17(18(26)27)25-19(28)29-8-12-4-2-1-3-5-12/h1-7,17H,8-11H2,(H,25,28)(H,26,27). The van der Waals surface area contributed by atoms with Gasteiger partial charge in [-0.05, 0) is 47.9 Å². The topological polar surface area (TPSA) is 75.6 Å². The van der Waals surface area contributed by atoms with Gasteiger partial charge in [0.15, 0.2) is 17.5 Å². The number of carbonyl (C=O) groups is 2. The number of benzene rings is 2. The summed E-state index contributed by atoms with van der Waals surface area (Å²) in [6.07, 6.45) is 0.153. The molecule has 3 fully saturated rings. The lowest BCUT2D eigenvalue weighted by atomic mass is 9.31. The maximum Gasteiger partial charge on any atom is 0.408 e. The maximum atomic E-state index is 13.5. The van der Waals surface area contributed by atoms with Gasteiger partial charge in [-0.2, -0.15) is 0 Å². The smallest absolute Gasteiger partial charge is 0.408 e. The van der Waals surface area contributed by atoms with Gasteiger partial charge in [-0.3, -0.25) is 0 Å². The van der Waals surface area contributed by atoms with Crippen LogP contribution in [0.2, 0.25) is 0 Å². The summed E-state index contributed by atoms with van der Waals surface area (Å²) in [5, 5.41) is 12.0. The molecule has 0 heterocycles. The molecule has 0 aliphatic heterocycles. The highest BCUT2D eigenvalue weighted by atomic mass is 19.2. The summed E-state index contributed by atoms with van der Waals surface area (Å²) in [6.45, 7) is 0.00405. The number of amides is 1. The summed E-state index contributed by atoms with van der Waals surface area (Å²) in [5.41, 5.74) is -0.219. The van der Waals surface area contributed by atoms with Gasteiger partial charge in [-0.15, -0.1) is 0 Å². The molecule has 0 aromatic heterocycles. The van der Waals surface area contributed by atoms with Crippen molar-refractivity contribution in [3.05, 3.63) is 71.0 Å². The van der Waals surface area contributed by atoms with Crippen LogP contribution in [0.1, 0.15) is 30.4 Å². The van der Waals surface area contributed by atoms with Crippen LogP contribution in [0.25, 0.3) is 0 Å². The van der Waals surface area contributed by atoms with E-state index >= 15 is 0 Å². The molecule has 5 nitrogen and oxygen atoms in total. The summed E-state index contributed by atoms with van der Waals surface area (Å²) in [6, 6.07) is 9.68. The summed E-state index contributed by atoms with van der Waals surface area (Å²) in [7, 11) is 0. The van der Waals surface area contributed by atoms with E-state index in [1.54, 1.807) is 24.3 Å². The number of carboxylic acid groups (broad SMARTS) is 1. The Hall–Kier alpha value is -3.03. The molecule has 0 radical (unpaired) electrons. The van der Waals surface area contributed by atoms with E-state index in [9.17, 15) is 27.9 Å². The van der Waals surface area contributed by atoms with Crippen molar-refractivity contribution in [1.82, 2.24) is 5.32 Å². The van der Waals surface area contributed by atoms with E-state index in [-0.39, 0.29) is 6.61 Å². The molecule has 1 amide bonds. The molecule has 29 heavy (non-hydrogen) atoms. The summed E-state index contributed by atoms with van der Waals surface area (Å²) < 4.78 is 45.4. The minimum atomic E-state index is -1.53. The molecular formula is C21H18F3NO4. The number of alkyl carbamates (subject to hydrolysis) is 1. The summed E-state index contributed by atoms with van der Waals surface area (Å²) >= 11 is 0. The molecule has 1 unspecified atom stereocenters. The van der Waals surface area contributed by atoms with E-state index in [1.807, 2.05) is 6.07 Å². The Morgan fingerprint density at radius 1 is 1.07 bits per heavy atom. The van der Waals surface area contributed by atoms with Crippen molar-refractivity contribution in [3.63, 3.8) is 0 Å². The van der Waals surface area contributed by atoms with Crippen LogP contribution in [0.5, 0.6) is 0 Å². The molecule has 3 aliphatic rings. The van der Waals surface area contributed by atoms with Crippen LogP contribution >= 0.6 is 0 Å². The molecule has 2 aromatic carbocycles. The number of hydrogen-bond donors (Lipinski definition) is 2. The maximum absolute atomic E-state index is 13.5. The first-order valence-electron chi connectivity index (χ1n) is 9.10. The first-order valence-corrected chi connectivity index (χ1v) is 9.10. The Labute approximate surface area is 164 Å². The summed E-state index contributed by atoms with van der Waals surface area (Å²) in [4.78, 5) is 23.8. The molecule has 0 saturated heterocycles. The monoisotopic (exact) mass is 405 g/mol. The van der Waals surface area contributed by atoms with Gasteiger partial charge in [-0.25, -0.2) is 22.8 Å². The lowest BCUT2D eigenvalue weighted by Crippen LogP contribution is -2.73. The Morgan fingerprint density at radius 3 is 2.21 bits per heavy atom. The van der Waals surface area contributed by atoms with E-state index in [0.29, 0.717) is 24.8 Å². The van der Waals surface area contributed by atoms with E-state index < -0.39 is 46.4 Å². The molecule has 2 aromatic rings. The number of nitrogens with one attached hydrogen (secondary N) is 1. The van der Waals surface area contributed by atoms with Crippen LogP contribution in [0.3, 0.4) is 0 Å². The number of halogens is 3. The van der Waals surface area contributed by atoms with Crippen molar-refractivity contribution >= 4 is 12.1 Å². The van der Waals surface area contributed by atoms with Gasteiger partial charge >= 0.3 is 12.1 Å². The fourth-order valence-corrected chi connectivity index (χ4v) is 4.70. The average Bonchev–Trinajstić information content (AvgIpc) is 2.62. The third kappa shape index (κ3) is 3.22. The molecular weight excluding hydrogens is 387 g/mol. The number of carboxylic acids is 1. The molecule has 1 atom stereocenters. The molecule has 2 N–H and O–H groups in total. The normalized spacial score (nSPS) is 25.3. The number of carbonyl (C=O) groups excluding carboxylic acids is 1. The van der Waals surface area contributed by atoms with Gasteiger partial charge in [0.1, 0.15) is 12.6 Å². The largest absolute Gasteiger partial charge is 0.480 e. The predicted octanol–water partition coefficient (Wildman–Crippen LogP) is 3.91. The molecule has 3 saturated carbocycles. The third-order valence-corrected chi connectivity index (χ3v) is 6.00. The zero-order chi connectivity index (χ0) is 20.8. The SMILES string of the molecule is O=C(NC(C(=O)O)C12CC(c3cc(F)c(F)c(F)c3)(C1)C2)OCc1ccccc1. The van der Waals surface area contributed by atoms with Crippen LogP contribution in [-0.2, 0) is 21.6 Å². The van der Waals surface area contributed by atoms with Gasteiger partial charge in [0.25, 0.3) is 0 Å². The first-order chi connectivity index (χ1) is 13.7. The van der Waals surface area contributed by atoms with Gasteiger partial charge in [0.2, 0.25) is 0 Å². The lowest BCUT2D eigenvalue weighted by Gasteiger charge is -2.72. The summed E-state index contributed by atoms with van der Waals surface area (Å²) in [5.74, 6) is -5.26. The van der Waals surface area contributed by atoms with Gasteiger partial charge < -0.3 is 15.2 Å². The van der Waals surface area contributed by atoms with Gasteiger partial charge in [0.05, 0.1) is 0 Å². The second kappa shape index (κ2) is 6.79. The van der Waals surface area contributed by atoms with Crippen molar-refractivity contribution in [2.75, 3.05) is 0 Å². The van der Waals surface area contributed by atoms with Crippen molar-refractivity contribution < 1.29 is 32.6 Å². The Bertz CT molecular complexity index is 936. The second-order valence-electron chi connectivity index (χ2n) is 7.90. The fraction of sp³-hybridized carbons (Fsp3) is 0.333. The first kappa shape index (κ1) is 19.3. The van der Waals surface area contributed by atoms with Crippen molar-refractivity contribution in [2.45, 2.75) is 37.3 Å². The Kier molecular flexibility index (Phi) is 4.52. The minimum absolute atomic E-state index is 0.00405. The molecule has 2 bridgehead atoms. The van der Waals surface area contributed by atoms with Crippen LogP contribution in [0, 0.1) is 22.9 Å². The van der Waals surface area contributed by atoms with Crippen molar-refractivity contribution in [1.29, 1.82) is 0 Å². The van der Waals surface area contributed by atoms with Crippen LogP contribution in [0.4, 0.5) is 18.0 Å². The number of aliphatic carboxylic acids is 1. The molecule has 5 rings (SSSR count). The highest BCUT2D eigenvalue weighted by Gasteiger charge is 2.72.